The van der Waals surface area contributed by atoms with Crippen molar-refractivity contribution in [2.45, 2.75) is 33.6 Å². The third-order valence-electron chi connectivity index (χ3n) is 1.15. The molecule has 0 amide bonds. The average molecular weight is 402 g/mol. The van der Waals surface area contributed by atoms with Crippen molar-refractivity contribution in [1.82, 2.24) is 0 Å². The Morgan fingerprint density at radius 2 is 1.14 bits per heavy atom. The molecule has 3 N–H and O–H groups in total. The summed E-state index contributed by atoms with van der Waals surface area (Å²) < 4.78 is 39.0. The molecule has 0 aromatic rings. The maximum atomic E-state index is 9.75. The summed E-state index contributed by atoms with van der Waals surface area (Å²) >= 11 is 0. The second-order valence-corrected chi connectivity index (χ2v) is 3.69. The van der Waals surface area contributed by atoms with Crippen LogP contribution in [0.5, 0.6) is 0 Å². The van der Waals surface area contributed by atoms with E-state index in [-0.39, 0.29) is 25.0 Å². The first kappa shape index (κ1) is 32.7. The van der Waals surface area contributed by atoms with Crippen LogP contribution >= 0.6 is 0 Å². The number of carboxylic acids is 1. The first-order valence-corrected chi connectivity index (χ1v) is 5.40. The van der Waals surface area contributed by atoms with Crippen LogP contribution in [0, 0.1) is 38.5 Å². The second-order valence-electron chi connectivity index (χ2n) is 3.69. The molecule has 9 heteroatoms. The van der Waals surface area contributed by atoms with E-state index < -0.39 is 13.2 Å². The quantitative estimate of drug-likeness (QED) is 0.434. The minimum absolute atomic E-state index is 0. The molecule has 0 saturated heterocycles. The minimum Gasteiger partial charge on any atom is -0.481 e. The molecule has 0 saturated carbocycles. The molecule has 0 aromatic carbocycles. The maximum Gasteiger partial charge on any atom is 3.00 e. The van der Waals surface area contributed by atoms with Gasteiger partial charge in [-0.15, -0.1) is 0 Å². The molecule has 0 aliphatic heterocycles. The van der Waals surface area contributed by atoms with Crippen molar-refractivity contribution in [3.63, 3.8) is 0 Å². The van der Waals surface area contributed by atoms with E-state index in [0.717, 1.165) is 31.6 Å². The molecule has 0 unspecified atom stereocenters. The molecule has 0 aliphatic carbocycles. The Labute approximate surface area is 138 Å². The molecular weight excluding hydrogens is 380 g/mol. The van der Waals surface area contributed by atoms with E-state index in [0.29, 0.717) is 0 Å². The predicted molar refractivity (Wildman–Crippen MR) is 73.5 cm³/mol. The third kappa shape index (κ3) is 135. The Balaban J connectivity index is -0.0000000664. The Kier molecular flexibility index (Phi) is 30.9. The van der Waals surface area contributed by atoms with Crippen molar-refractivity contribution < 1.29 is 52.1 Å². The predicted octanol–water partition coefficient (Wildman–Crippen LogP) is 3.60. The third-order valence-corrected chi connectivity index (χ3v) is 1.15. The summed E-state index contributed by atoms with van der Waals surface area (Å²) in [4.78, 5) is 9.00. The SMILES string of the molecule is CC(=O)O.F[B-](F)(F)F.O.[CH2][C](C)[CH]CC[CH][C]([CH2])C.[Ru+3]. The van der Waals surface area contributed by atoms with Gasteiger partial charge in [0.25, 0.3) is 5.97 Å². The van der Waals surface area contributed by atoms with Crippen LogP contribution in [0.4, 0.5) is 17.3 Å². The van der Waals surface area contributed by atoms with E-state index in [1.54, 1.807) is 0 Å². The Morgan fingerprint density at radius 3 is 1.24 bits per heavy atom. The van der Waals surface area contributed by atoms with Gasteiger partial charge in [0, 0.05) is 6.92 Å². The van der Waals surface area contributed by atoms with Gasteiger partial charge in [0.15, 0.2) is 0 Å². The summed E-state index contributed by atoms with van der Waals surface area (Å²) in [5.41, 5.74) is 0. The van der Waals surface area contributed by atoms with Crippen molar-refractivity contribution in [2.75, 3.05) is 0 Å². The van der Waals surface area contributed by atoms with Crippen LogP contribution in [0.3, 0.4) is 0 Å². The molecule has 21 heavy (non-hydrogen) atoms. The minimum atomic E-state index is -6.00. The normalized spacial score (nSPS) is 9.48. The van der Waals surface area contributed by atoms with Crippen LogP contribution in [0.1, 0.15) is 33.6 Å². The molecule has 3 nitrogen and oxygen atoms in total. The number of halogens is 4. The molecule has 0 rings (SSSR count). The van der Waals surface area contributed by atoms with E-state index in [4.69, 9.17) is 9.90 Å². The Hall–Kier alpha value is -0.162. The van der Waals surface area contributed by atoms with Crippen molar-refractivity contribution in [2.24, 2.45) is 0 Å². The fourth-order valence-electron chi connectivity index (χ4n) is 0.659. The Bertz CT molecular complexity index is 195. The molecule has 125 valence electrons. The topological polar surface area (TPSA) is 68.8 Å². The van der Waals surface area contributed by atoms with Crippen LogP contribution in [0.2, 0.25) is 0 Å². The van der Waals surface area contributed by atoms with E-state index >= 15 is 0 Å². The molecule has 0 atom stereocenters. The van der Waals surface area contributed by atoms with E-state index in [2.05, 4.69) is 26.7 Å². The number of unbranched alkanes of at least 4 members (excludes halogenated alkanes) is 1. The summed E-state index contributed by atoms with van der Waals surface area (Å²) in [6.07, 6.45) is 6.45. The molecule has 0 aliphatic rings. The molecule has 0 fully saturated rings. The second kappa shape index (κ2) is 19.8. The zero-order chi connectivity index (χ0) is 16.1. The van der Waals surface area contributed by atoms with Gasteiger partial charge in [-0.2, -0.15) is 0 Å². The smallest absolute Gasteiger partial charge is 0.481 e. The molecule has 0 spiro atoms. The standard InChI is InChI=1S/C10H16.C2H4O2.BF4.H2O.Ru/c1-9(2)7-5-6-8-10(3)4;1-2(3)4;2-1(3,4)5;;/h7-8H,1,3,5-6H2,2,4H3;1H3,(H,3,4);;1H2;/q;;-1;;+3. The van der Waals surface area contributed by atoms with Crippen LogP contribution in [-0.4, -0.2) is 23.8 Å². The van der Waals surface area contributed by atoms with Crippen LogP contribution in [0.25, 0.3) is 0 Å². The molecule has 0 bridgehead atoms. The first-order valence-electron chi connectivity index (χ1n) is 5.40. The van der Waals surface area contributed by atoms with Crippen LogP contribution in [-0.2, 0) is 24.3 Å². The fraction of sp³-hybridized carbons (Fsp3) is 0.417. The maximum absolute atomic E-state index is 9.75. The molecule has 0 aromatic heterocycles. The van der Waals surface area contributed by atoms with Gasteiger partial charge in [-0.25, -0.2) is 0 Å². The fourth-order valence-corrected chi connectivity index (χ4v) is 0.659. The molecule has 0 heterocycles. The first-order chi connectivity index (χ1) is 8.36. The molecule has 7 radical (unpaired) electrons. The van der Waals surface area contributed by atoms with Gasteiger partial charge in [0.1, 0.15) is 0 Å². The van der Waals surface area contributed by atoms with Crippen molar-refractivity contribution in [3.8, 4) is 0 Å². The van der Waals surface area contributed by atoms with Gasteiger partial charge >= 0.3 is 26.7 Å². The van der Waals surface area contributed by atoms with Gasteiger partial charge in [0.2, 0.25) is 0 Å². The summed E-state index contributed by atoms with van der Waals surface area (Å²) in [6, 6.07) is 0. The summed E-state index contributed by atoms with van der Waals surface area (Å²) in [5, 5.41) is 7.42. The van der Waals surface area contributed by atoms with Gasteiger partial charge in [-0.3, -0.25) is 4.79 Å². The summed E-state index contributed by atoms with van der Waals surface area (Å²) in [6.45, 7) is 12.7. The largest absolute Gasteiger partial charge is 3.00 e. The van der Waals surface area contributed by atoms with Crippen molar-refractivity contribution in [3.05, 3.63) is 38.5 Å². The van der Waals surface area contributed by atoms with Crippen molar-refractivity contribution >= 4 is 13.2 Å². The van der Waals surface area contributed by atoms with E-state index in [1.165, 1.54) is 0 Å². The van der Waals surface area contributed by atoms with Crippen molar-refractivity contribution in [1.29, 1.82) is 0 Å². The van der Waals surface area contributed by atoms with Gasteiger partial charge < -0.3 is 27.8 Å². The van der Waals surface area contributed by atoms with Gasteiger partial charge in [-0.05, 0) is 51.4 Å². The zero-order valence-electron chi connectivity index (χ0n) is 12.3. The number of rotatable bonds is 5. The average Bonchev–Trinajstić information content (AvgIpc) is 2.08. The van der Waals surface area contributed by atoms with E-state index in [1.807, 2.05) is 13.8 Å². The monoisotopic (exact) mass is 403 g/mol. The van der Waals surface area contributed by atoms with E-state index in [9.17, 15) is 17.3 Å². The van der Waals surface area contributed by atoms with Crippen LogP contribution in [0.15, 0.2) is 0 Å². The number of hydrogen-bond donors (Lipinski definition) is 1. The number of hydrogen-bond acceptors (Lipinski definition) is 1. The van der Waals surface area contributed by atoms with Crippen LogP contribution < -0.4 is 0 Å². The van der Waals surface area contributed by atoms with Gasteiger partial charge in [0.05, 0.1) is 0 Å². The van der Waals surface area contributed by atoms with Gasteiger partial charge in [-0.1, -0.05) is 13.8 Å². The number of carboxylic acid groups (broad SMARTS) is 1. The molecular formula is C12H22BF4O3Ru+2. The summed E-state index contributed by atoms with van der Waals surface area (Å²) in [7, 11) is -6.00. The Morgan fingerprint density at radius 1 is 1.00 bits per heavy atom. The number of carbonyl (C=O) groups is 1. The zero-order valence-corrected chi connectivity index (χ0v) is 14.0. The number of aliphatic carboxylic acids is 1. The summed E-state index contributed by atoms with van der Waals surface area (Å²) in [5.74, 6) is 1.46.